The second-order valence-corrected chi connectivity index (χ2v) is 6.66. The van der Waals surface area contributed by atoms with Gasteiger partial charge >= 0.3 is 0 Å². The molecule has 0 aliphatic rings. The highest BCUT2D eigenvalue weighted by molar-refractivity contribution is 7.80. The molecule has 0 aromatic heterocycles. The van der Waals surface area contributed by atoms with Crippen molar-refractivity contribution >= 4 is 34.4 Å². The van der Waals surface area contributed by atoms with Crippen LogP contribution in [-0.4, -0.2) is 17.7 Å². The molecule has 0 spiro atoms. The van der Waals surface area contributed by atoms with Crippen molar-refractivity contribution in [1.29, 1.82) is 0 Å². The number of nitrogens with zero attached hydrogens (tertiary/aromatic N) is 1. The van der Waals surface area contributed by atoms with Crippen molar-refractivity contribution < 1.29 is 0 Å². The molecule has 2 rings (SSSR count). The summed E-state index contributed by atoms with van der Waals surface area (Å²) in [7, 11) is 0. The largest absolute Gasteiger partial charge is 0.369 e. The first kappa shape index (κ1) is 18.3. The first-order chi connectivity index (χ1) is 11.4. The van der Waals surface area contributed by atoms with E-state index in [1.165, 1.54) is 16.8 Å². The van der Waals surface area contributed by atoms with E-state index in [1.54, 1.807) is 0 Å². The molecule has 0 radical (unpaired) electrons. The van der Waals surface area contributed by atoms with E-state index in [2.05, 4.69) is 80.5 Å². The van der Waals surface area contributed by atoms with E-state index in [1.807, 2.05) is 12.1 Å². The van der Waals surface area contributed by atoms with E-state index in [9.17, 15) is 0 Å². The summed E-state index contributed by atoms with van der Waals surface area (Å²) < 4.78 is 0. The quantitative estimate of drug-likeness (QED) is 0.717. The van der Waals surface area contributed by atoms with Crippen LogP contribution in [0.25, 0.3) is 0 Å². The van der Waals surface area contributed by atoms with Gasteiger partial charge < -0.3 is 15.5 Å². The number of nitrogens with one attached hydrogen (secondary N) is 2. The molecule has 0 saturated carbocycles. The fourth-order valence-corrected chi connectivity index (χ4v) is 2.98. The second-order valence-electron chi connectivity index (χ2n) is 6.25. The number of benzene rings is 2. The van der Waals surface area contributed by atoms with Gasteiger partial charge in [-0.1, -0.05) is 12.1 Å². The lowest BCUT2D eigenvalue weighted by Crippen LogP contribution is -2.30. The van der Waals surface area contributed by atoms with Crippen LogP contribution in [0.2, 0.25) is 0 Å². The summed E-state index contributed by atoms with van der Waals surface area (Å²) in [6.45, 7) is 11.8. The molecule has 128 valence electrons. The predicted octanol–water partition coefficient (Wildman–Crippen LogP) is 5.35. The molecule has 2 aromatic rings. The molecule has 0 aliphatic heterocycles. The summed E-state index contributed by atoms with van der Waals surface area (Å²) in [5, 5.41) is 7.13. The van der Waals surface area contributed by atoms with Gasteiger partial charge in [-0.05, 0) is 88.3 Å². The molecule has 0 aliphatic carbocycles. The summed E-state index contributed by atoms with van der Waals surface area (Å²) in [4.78, 5) is 2.36. The van der Waals surface area contributed by atoms with Gasteiger partial charge in [0.1, 0.15) is 0 Å². The van der Waals surface area contributed by atoms with Crippen LogP contribution in [-0.2, 0) is 0 Å². The molecule has 0 saturated heterocycles. The van der Waals surface area contributed by atoms with E-state index >= 15 is 0 Å². The maximum atomic E-state index is 5.44. The van der Waals surface area contributed by atoms with Gasteiger partial charge in [0.25, 0.3) is 0 Å². The van der Waals surface area contributed by atoms with Crippen molar-refractivity contribution in [2.45, 2.75) is 40.7 Å². The molecule has 3 nitrogen and oxygen atoms in total. The van der Waals surface area contributed by atoms with E-state index in [4.69, 9.17) is 12.2 Å². The zero-order valence-electron chi connectivity index (χ0n) is 15.2. The molecule has 24 heavy (non-hydrogen) atoms. The minimum atomic E-state index is 0.487. The molecule has 4 heteroatoms. The van der Waals surface area contributed by atoms with Crippen molar-refractivity contribution in [3.63, 3.8) is 0 Å². The van der Waals surface area contributed by atoms with Gasteiger partial charge in [-0.15, -0.1) is 0 Å². The van der Waals surface area contributed by atoms with Crippen molar-refractivity contribution in [3.8, 4) is 0 Å². The Kier molecular flexibility index (Phi) is 6.21. The van der Waals surface area contributed by atoms with Crippen LogP contribution in [0.15, 0.2) is 42.5 Å². The molecular weight excluding hydrogens is 314 g/mol. The zero-order valence-corrected chi connectivity index (χ0v) is 16.0. The fourth-order valence-electron chi connectivity index (χ4n) is 2.75. The van der Waals surface area contributed by atoms with Gasteiger partial charge in [0.15, 0.2) is 5.11 Å². The van der Waals surface area contributed by atoms with E-state index < -0.39 is 0 Å². The van der Waals surface area contributed by atoms with Crippen LogP contribution in [0, 0.1) is 13.8 Å². The molecule has 0 unspecified atom stereocenters. The maximum absolute atomic E-state index is 5.44. The first-order valence-corrected chi connectivity index (χ1v) is 8.84. The number of rotatable bonds is 5. The van der Waals surface area contributed by atoms with Gasteiger partial charge in [-0.3, -0.25) is 0 Å². The lowest BCUT2D eigenvalue weighted by atomic mass is 10.1. The molecule has 0 bridgehead atoms. The molecule has 2 aromatic carbocycles. The number of anilines is 3. The van der Waals surface area contributed by atoms with E-state index in [-0.39, 0.29) is 0 Å². The van der Waals surface area contributed by atoms with E-state index in [0.29, 0.717) is 11.2 Å². The zero-order chi connectivity index (χ0) is 17.7. The average Bonchev–Trinajstić information content (AvgIpc) is 2.54. The number of aryl methyl sites for hydroxylation is 1. The Morgan fingerprint density at radius 2 is 1.71 bits per heavy atom. The van der Waals surface area contributed by atoms with Crippen LogP contribution in [0.5, 0.6) is 0 Å². The Hall–Kier alpha value is -2.07. The molecular formula is C20H27N3S. The van der Waals surface area contributed by atoms with Crippen LogP contribution in [0.3, 0.4) is 0 Å². The topological polar surface area (TPSA) is 27.3 Å². The van der Waals surface area contributed by atoms with Gasteiger partial charge in [0.2, 0.25) is 0 Å². The Morgan fingerprint density at radius 1 is 1.04 bits per heavy atom. The van der Waals surface area contributed by atoms with Gasteiger partial charge in [-0.2, -0.15) is 0 Å². The standard InChI is InChI=1S/C20H27N3S/c1-6-23(14(2)3)18-12-10-17(11-13-18)21-20(24)22-19-9-7-8-15(4)16(19)5/h7-14H,6H2,1-5H3,(H2,21,22,24). The molecule has 0 heterocycles. The Balaban J connectivity index is 2.03. The average molecular weight is 342 g/mol. The lowest BCUT2D eigenvalue weighted by Gasteiger charge is -2.27. The minimum Gasteiger partial charge on any atom is -0.369 e. The summed E-state index contributed by atoms with van der Waals surface area (Å²) in [6.07, 6.45) is 0. The maximum Gasteiger partial charge on any atom is 0.175 e. The third-order valence-corrected chi connectivity index (χ3v) is 4.48. The first-order valence-electron chi connectivity index (χ1n) is 8.43. The lowest BCUT2D eigenvalue weighted by molar-refractivity contribution is 0.704. The minimum absolute atomic E-state index is 0.487. The van der Waals surface area contributed by atoms with Gasteiger partial charge in [-0.25, -0.2) is 0 Å². The van der Waals surface area contributed by atoms with E-state index in [0.717, 1.165) is 17.9 Å². The molecule has 0 amide bonds. The van der Waals surface area contributed by atoms with Gasteiger partial charge in [0.05, 0.1) is 0 Å². The normalized spacial score (nSPS) is 10.6. The highest BCUT2D eigenvalue weighted by atomic mass is 32.1. The summed E-state index contributed by atoms with van der Waals surface area (Å²) in [5.41, 5.74) is 5.72. The van der Waals surface area contributed by atoms with Crippen molar-refractivity contribution in [3.05, 3.63) is 53.6 Å². The van der Waals surface area contributed by atoms with Crippen LogP contribution in [0.1, 0.15) is 31.9 Å². The molecule has 0 fully saturated rings. The van der Waals surface area contributed by atoms with Gasteiger partial charge in [0, 0.05) is 29.6 Å². The SMILES string of the molecule is CCN(c1ccc(NC(=S)Nc2cccc(C)c2C)cc1)C(C)C. The van der Waals surface area contributed by atoms with Crippen LogP contribution in [0.4, 0.5) is 17.1 Å². The number of thiocarbonyl (C=S) groups is 1. The third kappa shape index (κ3) is 4.48. The van der Waals surface area contributed by atoms with Crippen molar-refractivity contribution in [2.75, 3.05) is 22.1 Å². The van der Waals surface area contributed by atoms with Crippen LogP contribution >= 0.6 is 12.2 Å². The Labute approximate surface area is 151 Å². The highest BCUT2D eigenvalue weighted by Crippen LogP contribution is 2.21. The molecule has 0 atom stereocenters. The van der Waals surface area contributed by atoms with Crippen molar-refractivity contribution in [2.24, 2.45) is 0 Å². The summed E-state index contributed by atoms with van der Waals surface area (Å²) >= 11 is 5.44. The Morgan fingerprint density at radius 3 is 2.29 bits per heavy atom. The highest BCUT2D eigenvalue weighted by Gasteiger charge is 2.08. The van der Waals surface area contributed by atoms with Crippen molar-refractivity contribution in [1.82, 2.24) is 0 Å². The summed E-state index contributed by atoms with van der Waals surface area (Å²) in [5.74, 6) is 0. The smallest absolute Gasteiger partial charge is 0.175 e. The third-order valence-electron chi connectivity index (χ3n) is 4.27. The fraction of sp³-hybridized carbons (Fsp3) is 0.350. The predicted molar refractivity (Wildman–Crippen MR) is 110 cm³/mol. The number of hydrogen-bond donors (Lipinski definition) is 2. The monoisotopic (exact) mass is 341 g/mol. The summed E-state index contributed by atoms with van der Waals surface area (Å²) in [6, 6.07) is 15.1. The second kappa shape index (κ2) is 8.15. The van der Waals surface area contributed by atoms with Crippen LogP contribution < -0.4 is 15.5 Å². The number of hydrogen-bond acceptors (Lipinski definition) is 2. The Bertz CT molecular complexity index is 693. The molecule has 2 N–H and O–H groups in total.